The molecule has 1 aliphatic carbocycles. The Kier molecular flexibility index (Phi) is 7.65. The lowest BCUT2D eigenvalue weighted by Crippen LogP contribution is -1.88. The number of H-pyrrole nitrogens is 1. The van der Waals surface area contributed by atoms with Crippen molar-refractivity contribution in [1.82, 2.24) is 9.97 Å². The van der Waals surface area contributed by atoms with Crippen molar-refractivity contribution < 1.29 is 0 Å². The van der Waals surface area contributed by atoms with E-state index in [-0.39, 0.29) is 7.43 Å². The summed E-state index contributed by atoms with van der Waals surface area (Å²) in [5.74, 6) is 1.87. The van der Waals surface area contributed by atoms with Crippen LogP contribution < -0.4 is 0 Å². The molecule has 0 atom stereocenters. The number of aryl methyl sites for hydroxylation is 1. The smallest absolute Gasteiger partial charge is 0.133 e. The summed E-state index contributed by atoms with van der Waals surface area (Å²) in [6, 6.07) is 6.51. The molecule has 1 aromatic heterocycles. The van der Waals surface area contributed by atoms with Crippen LogP contribution in [0, 0.1) is 17.0 Å². The maximum atomic E-state index is 6.34. The van der Waals surface area contributed by atoms with Crippen LogP contribution in [-0.4, -0.2) is 15.8 Å². The lowest BCUT2D eigenvalue weighted by Gasteiger charge is -2.01. The maximum Gasteiger partial charge on any atom is 0.133 e. The van der Waals surface area contributed by atoms with Gasteiger partial charge in [0, 0.05) is 40.6 Å². The molecular formula is C21H17N3S. The highest BCUT2D eigenvalue weighted by atomic mass is 32.1. The largest absolute Gasteiger partial charge is 0.346 e. The maximum absolute atomic E-state index is 6.34. The minimum atomic E-state index is 0. The number of fused-ring (bicyclic) bond motifs is 3. The molecule has 0 spiro atoms. The summed E-state index contributed by atoms with van der Waals surface area (Å²) in [7, 11) is 0. The van der Waals surface area contributed by atoms with Crippen LogP contribution in [0.15, 0.2) is 65.5 Å². The van der Waals surface area contributed by atoms with Gasteiger partial charge in [-0.05, 0) is 36.6 Å². The van der Waals surface area contributed by atoms with Crippen LogP contribution in [0.1, 0.15) is 24.1 Å². The Morgan fingerprint density at radius 1 is 1.20 bits per heavy atom. The highest BCUT2D eigenvalue weighted by molar-refractivity contribution is 7.71. The molecule has 0 radical (unpaired) electrons. The minimum absolute atomic E-state index is 0. The van der Waals surface area contributed by atoms with Crippen LogP contribution >= 0.6 is 12.2 Å². The third-order valence-corrected chi connectivity index (χ3v) is 3.61. The Bertz CT molecular complexity index is 1060. The molecule has 0 aliphatic heterocycles. The lowest BCUT2D eigenvalue weighted by molar-refractivity contribution is 1.10. The quantitative estimate of drug-likeness (QED) is 0.343. The van der Waals surface area contributed by atoms with Gasteiger partial charge in [0.25, 0.3) is 0 Å². The first-order valence-electron chi connectivity index (χ1n) is 7.02. The first-order chi connectivity index (χ1) is 11.7. The van der Waals surface area contributed by atoms with Crippen molar-refractivity contribution >= 4 is 18.1 Å². The summed E-state index contributed by atoms with van der Waals surface area (Å²) in [5.41, 5.74) is 20.2. The summed E-state index contributed by atoms with van der Waals surface area (Å²) in [6.07, 6.45) is 2.59. The average Bonchev–Trinajstić information content (AvgIpc) is 2.95. The van der Waals surface area contributed by atoms with Gasteiger partial charge in [-0.3, -0.25) is 5.41 Å². The summed E-state index contributed by atoms with van der Waals surface area (Å²) in [6.45, 7) is 5.34. The Morgan fingerprint density at radius 3 is 2.64 bits per heavy atom. The third kappa shape index (κ3) is 5.07. The fraction of sp³-hybridized carbons (Fsp3) is 0.143. The van der Waals surface area contributed by atoms with Gasteiger partial charge in [0.1, 0.15) is 4.64 Å². The highest BCUT2D eigenvalue weighted by Crippen LogP contribution is 2.35. The molecule has 0 amide bonds. The third-order valence-electron chi connectivity index (χ3n) is 3.25. The Hall–Kier alpha value is -3.35. The van der Waals surface area contributed by atoms with E-state index in [4.69, 9.17) is 17.6 Å². The Labute approximate surface area is 152 Å². The molecule has 2 aromatic rings. The summed E-state index contributed by atoms with van der Waals surface area (Å²) < 4.78 is 0.720. The van der Waals surface area contributed by atoms with Crippen LogP contribution in [-0.2, 0) is 6.42 Å². The molecule has 0 saturated heterocycles. The predicted octanol–water partition coefficient (Wildman–Crippen LogP) is 5.01. The van der Waals surface area contributed by atoms with E-state index in [0.717, 1.165) is 22.3 Å². The van der Waals surface area contributed by atoms with Gasteiger partial charge in [0.05, 0.1) is 12.0 Å². The molecule has 0 saturated carbocycles. The van der Waals surface area contributed by atoms with Gasteiger partial charge in [-0.2, -0.15) is 0 Å². The predicted molar refractivity (Wildman–Crippen MR) is 104 cm³/mol. The van der Waals surface area contributed by atoms with Crippen LogP contribution in [0.4, 0.5) is 0 Å². The van der Waals surface area contributed by atoms with E-state index >= 15 is 0 Å². The Balaban J connectivity index is 0.000000275. The molecule has 1 aliphatic rings. The number of hydrogen-bond acceptors (Lipinski definition) is 3. The van der Waals surface area contributed by atoms with Gasteiger partial charge in [-0.15, -0.1) is 0 Å². The number of aromatic nitrogens is 2. The van der Waals surface area contributed by atoms with E-state index in [1.54, 1.807) is 6.33 Å². The molecule has 2 N–H and O–H groups in total. The number of hydrogen-bond donors (Lipinski definition) is 2. The van der Waals surface area contributed by atoms with E-state index in [1.807, 2.05) is 5.87 Å². The lowest BCUT2D eigenvalue weighted by atomic mass is 10.1. The molecule has 0 fully saturated rings. The van der Waals surface area contributed by atoms with E-state index in [1.165, 1.54) is 16.7 Å². The number of aromatic amines is 1. The monoisotopic (exact) mass is 343 g/mol. The molecule has 25 heavy (non-hydrogen) atoms. The van der Waals surface area contributed by atoms with E-state index in [9.17, 15) is 0 Å². The SMILES string of the molecule is C.C=C=C=C=C=C=C=C=N.Cc1ccc2c(c1)-c1[nH]cnc(=S)c1C2. The molecule has 4 heteroatoms. The zero-order valence-corrected chi connectivity index (χ0v) is 13.9. The molecule has 122 valence electrons. The number of nitrogens with one attached hydrogen (secondary N) is 2. The number of benzene rings is 1. The minimum Gasteiger partial charge on any atom is -0.346 e. The molecule has 3 rings (SSSR count). The normalized spacial score (nSPS) is 8.68. The molecule has 0 bridgehead atoms. The van der Waals surface area contributed by atoms with Crippen molar-refractivity contribution in [3.8, 4) is 11.3 Å². The van der Waals surface area contributed by atoms with Crippen molar-refractivity contribution in [1.29, 1.82) is 5.41 Å². The zero-order valence-electron chi connectivity index (χ0n) is 13.1. The van der Waals surface area contributed by atoms with Crippen LogP contribution in [0.3, 0.4) is 0 Å². The Morgan fingerprint density at radius 2 is 1.92 bits per heavy atom. The van der Waals surface area contributed by atoms with E-state index < -0.39 is 0 Å². The first-order valence-corrected chi connectivity index (χ1v) is 7.43. The second-order valence-electron chi connectivity index (χ2n) is 4.83. The van der Waals surface area contributed by atoms with E-state index in [0.29, 0.717) is 0 Å². The van der Waals surface area contributed by atoms with Crippen molar-refractivity contribution in [2.75, 3.05) is 0 Å². The number of rotatable bonds is 0. The number of nitrogens with zero attached hydrogens (tertiary/aromatic N) is 1. The summed E-state index contributed by atoms with van der Waals surface area (Å²) in [5, 5.41) is 6.34. The van der Waals surface area contributed by atoms with Crippen molar-refractivity contribution in [3.63, 3.8) is 0 Å². The molecule has 3 nitrogen and oxygen atoms in total. The average molecular weight is 343 g/mol. The summed E-state index contributed by atoms with van der Waals surface area (Å²) >= 11 is 5.23. The standard InChI is InChI=1S/C12H10N2S.C8H3N.CH4/c1-7-2-3-8-5-10-11(9(8)4-7)13-6-14-12(10)15;1-2-3-4-5-6-7-8-9;/h2-4,6H,5H2,1H3,(H,13,14,15);9H,1H2;1H4. The molecular weight excluding hydrogens is 326 g/mol. The highest BCUT2D eigenvalue weighted by Gasteiger charge is 2.19. The first kappa shape index (κ1) is 19.7. The second-order valence-corrected chi connectivity index (χ2v) is 5.21. The van der Waals surface area contributed by atoms with Crippen molar-refractivity contribution in [2.24, 2.45) is 0 Å². The second kappa shape index (κ2) is 9.71. The topological polar surface area (TPSA) is 52.5 Å². The molecule has 0 unspecified atom stereocenters. The zero-order chi connectivity index (χ0) is 17.4. The van der Waals surface area contributed by atoms with Crippen molar-refractivity contribution in [2.45, 2.75) is 20.8 Å². The van der Waals surface area contributed by atoms with Crippen LogP contribution in [0.2, 0.25) is 0 Å². The molecule has 1 heterocycles. The van der Waals surface area contributed by atoms with Crippen molar-refractivity contribution in [3.05, 3.63) is 86.8 Å². The van der Waals surface area contributed by atoms with Gasteiger partial charge in [-0.25, -0.2) is 4.98 Å². The van der Waals surface area contributed by atoms with Gasteiger partial charge in [0.2, 0.25) is 0 Å². The van der Waals surface area contributed by atoms with Gasteiger partial charge in [0.15, 0.2) is 0 Å². The summed E-state index contributed by atoms with van der Waals surface area (Å²) in [4.78, 5) is 7.31. The van der Waals surface area contributed by atoms with Gasteiger partial charge in [-0.1, -0.05) is 43.1 Å². The fourth-order valence-electron chi connectivity index (χ4n) is 2.27. The van der Waals surface area contributed by atoms with Crippen LogP contribution in [0.5, 0.6) is 0 Å². The fourth-order valence-corrected chi connectivity index (χ4v) is 2.50. The van der Waals surface area contributed by atoms with Gasteiger partial charge < -0.3 is 4.98 Å². The van der Waals surface area contributed by atoms with E-state index in [2.05, 4.69) is 76.1 Å². The van der Waals surface area contributed by atoms with Gasteiger partial charge >= 0.3 is 0 Å². The molecule has 1 aromatic carbocycles. The van der Waals surface area contributed by atoms with Crippen LogP contribution in [0.25, 0.3) is 11.3 Å².